The van der Waals surface area contributed by atoms with E-state index < -0.39 is 0 Å². The molecule has 1 atom stereocenters. The quantitative estimate of drug-likeness (QED) is 0.820. The second-order valence-electron chi connectivity index (χ2n) is 4.84. The third-order valence-corrected chi connectivity index (χ3v) is 2.94. The van der Waals surface area contributed by atoms with E-state index in [0.717, 1.165) is 23.5 Å². The molecule has 4 heteroatoms. The van der Waals surface area contributed by atoms with Gasteiger partial charge in [-0.3, -0.25) is 0 Å². The van der Waals surface area contributed by atoms with Crippen molar-refractivity contribution in [3.8, 4) is 11.5 Å². The van der Waals surface area contributed by atoms with Crippen LogP contribution in [0.2, 0.25) is 0 Å². The third-order valence-electron chi connectivity index (χ3n) is 2.94. The zero-order valence-corrected chi connectivity index (χ0v) is 10.7. The summed E-state index contributed by atoms with van der Waals surface area (Å²) >= 11 is 0. The van der Waals surface area contributed by atoms with Crippen LogP contribution < -0.4 is 15.0 Å². The van der Waals surface area contributed by atoms with Gasteiger partial charge < -0.3 is 14.3 Å². The number of hydroxylamine groups is 1. The first-order valence-corrected chi connectivity index (χ1v) is 5.71. The normalized spacial score (nSPS) is 21.5. The SMILES string of the molecule is CONC1CC(C)(C)Oc2cc(OC)ccc21. The van der Waals surface area contributed by atoms with E-state index in [-0.39, 0.29) is 11.6 Å². The van der Waals surface area contributed by atoms with Gasteiger partial charge in [0.2, 0.25) is 0 Å². The smallest absolute Gasteiger partial charge is 0.128 e. The van der Waals surface area contributed by atoms with Crippen LogP contribution in [-0.2, 0) is 4.84 Å². The molecule has 0 aromatic heterocycles. The summed E-state index contributed by atoms with van der Waals surface area (Å²) in [5, 5.41) is 0. The lowest BCUT2D eigenvalue weighted by Crippen LogP contribution is -2.39. The molecule has 0 amide bonds. The van der Waals surface area contributed by atoms with Crippen LogP contribution in [0.15, 0.2) is 18.2 Å². The molecule has 1 aromatic carbocycles. The molecular weight excluding hydrogens is 218 g/mol. The van der Waals surface area contributed by atoms with Crippen molar-refractivity contribution in [3.05, 3.63) is 23.8 Å². The van der Waals surface area contributed by atoms with Gasteiger partial charge in [0.25, 0.3) is 0 Å². The fourth-order valence-corrected chi connectivity index (χ4v) is 2.21. The van der Waals surface area contributed by atoms with Crippen LogP contribution in [0.4, 0.5) is 0 Å². The Bertz CT molecular complexity index is 404. The molecule has 0 radical (unpaired) electrons. The van der Waals surface area contributed by atoms with Crippen LogP contribution in [0.25, 0.3) is 0 Å². The second kappa shape index (κ2) is 4.55. The maximum Gasteiger partial charge on any atom is 0.128 e. The Morgan fingerprint density at radius 3 is 2.76 bits per heavy atom. The van der Waals surface area contributed by atoms with Crippen LogP contribution in [0, 0.1) is 0 Å². The number of ether oxygens (including phenoxy) is 2. The Morgan fingerprint density at radius 2 is 2.12 bits per heavy atom. The van der Waals surface area contributed by atoms with Crippen LogP contribution in [-0.4, -0.2) is 19.8 Å². The number of hydrogen-bond acceptors (Lipinski definition) is 4. The predicted octanol–water partition coefficient (Wildman–Crippen LogP) is 2.45. The minimum atomic E-state index is -0.213. The molecule has 0 fully saturated rings. The van der Waals surface area contributed by atoms with Crippen LogP contribution >= 0.6 is 0 Å². The zero-order valence-electron chi connectivity index (χ0n) is 10.7. The number of rotatable bonds is 3. The van der Waals surface area contributed by atoms with Gasteiger partial charge in [-0.25, -0.2) is 0 Å². The minimum Gasteiger partial charge on any atom is -0.497 e. The van der Waals surface area contributed by atoms with E-state index in [2.05, 4.69) is 19.3 Å². The number of fused-ring (bicyclic) bond motifs is 1. The summed E-state index contributed by atoms with van der Waals surface area (Å²) in [5.74, 6) is 1.66. The molecule has 0 spiro atoms. The average molecular weight is 237 g/mol. The van der Waals surface area contributed by atoms with E-state index in [0.29, 0.717) is 0 Å². The summed E-state index contributed by atoms with van der Waals surface area (Å²) in [6, 6.07) is 6.01. The third kappa shape index (κ3) is 2.53. The fourth-order valence-electron chi connectivity index (χ4n) is 2.21. The van der Waals surface area contributed by atoms with Crippen LogP contribution in [0.3, 0.4) is 0 Å². The van der Waals surface area contributed by atoms with Crippen molar-refractivity contribution in [2.45, 2.75) is 31.9 Å². The molecule has 17 heavy (non-hydrogen) atoms. The number of benzene rings is 1. The largest absolute Gasteiger partial charge is 0.497 e. The summed E-state index contributed by atoms with van der Waals surface area (Å²) in [6.07, 6.45) is 0.861. The van der Waals surface area contributed by atoms with Gasteiger partial charge >= 0.3 is 0 Å². The Balaban J connectivity index is 2.37. The molecule has 4 nitrogen and oxygen atoms in total. The molecule has 0 aliphatic carbocycles. The average Bonchev–Trinajstić information content (AvgIpc) is 2.27. The molecule has 0 bridgehead atoms. The number of nitrogens with one attached hydrogen (secondary N) is 1. The van der Waals surface area contributed by atoms with E-state index in [1.165, 1.54) is 0 Å². The van der Waals surface area contributed by atoms with Crippen molar-refractivity contribution < 1.29 is 14.3 Å². The van der Waals surface area contributed by atoms with Gasteiger partial charge in [-0.2, -0.15) is 5.48 Å². The first-order chi connectivity index (χ1) is 8.05. The van der Waals surface area contributed by atoms with Gasteiger partial charge in [-0.1, -0.05) is 0 Å². The predicted molar refractivity (Wildman–Crippen MR) is 65.2 cm³/mol. The highest BCUT2D eigenvalue weighted by atomic mass is 16.6. The van der Waals surface area contributed by atoms with Crippen molar-refractivity contribution in [3.63, 3.8) is 0 Å². The van der Waals surface area contributed by atoms with E-state index in [1.54, 1.807) is 14.2 Å². The fraction of sp³-hybridized carbons (Fsp3) is 0.538. The number of methoxy groups -OCH3 is 1. The summed E-state index contributed by atoms with van der Waals surface area (Å²) in [5.41, 5.74) is 3.90. The second-order valence-corrected chi connectivity index (χ2v) is 4.84. The van der Waals surface area contributed by atoms with E-state index in [9.17, 15) is 0 Å². The van der Waals surface area contributed by atoms with Crippen LogP contribution in [0.1, 0.15) is 31.9 Å². The maximum atomic E-state index is 5.96. The maximum absolute atomic E-state index is 5.96. The molecule has 0 saturated heterocycles. The summed E-state index contributed by atoms with van der Waals surface area (Å²) < 4.78 is 11.2. The summed E-state index contributed by atoms with van der Waals surface area (Å²) in [7, 11) is 3.28. The molecule has 1 aliphatic heterocycles. The van der Waals surface area contributed by atoms with E-state index >= 15 is 0 Å². The molecule has 2 rings (SSSR count). The lowest BCUT2D eigenvalue weighted by molar-refractivity contribution is 0.00286. The zero-order chi connectivity index (χ0) is 12.5. The van der Waals surface area contributed by atoms with Gasteiger partial charge in [-0.05, 0) is 26.0 Å². The Hall–Kier alpha value is -1.26. The van der Waals surface area contributed by atoms with Crippen molar-refractivity contribution in [2.75, 3.05) is 14.2 Å². The van der Waals surface area contributed by atoms with Crippen molar-refractivity contribution in [2.24, 2.45) is 0 Å². The Labute approximate surface area is 102 Å². The highest BCUT2D eigenvalue weighted by Gasteiger charge is 2.33. The highest BCUT2D eigenvalue weighted by molar-refractivity contribution is 5.44. The molecule has 0 saturated carbocycles. The number of hydrogen-bond donors (Lipinski definition) is 1. The first kappa shape index (κ1) is 12.2. The lowest BCUT2D eigenvalue weighted by Gasteiger charge is -2.37. The molecule has 1 aromatic rings. The Kier molecular flexibility index (Phi) is 3.26. The molecule has 1 unspecified atom stereocenters. The van der Waals surface area contributed by atoms with E-state index in [4.69, 9.17) is 14.3 Å². The molecular formula is C13H19NO3. The van der Waals surface area contributed by atoms with Crippen molar-refractivity contribution in [1.82, 2.24) is 5.48 Å². The Morgan fingerprint density at radius 1 is 1.35 bits per heavy atom. The monoisotopic (exact) mass is 237 g/mol. The van der Waals surface area contributed by atoms with Crippen molar-refractivity contribution >= 4 is 0 Å². The molecule has 1 N–H and O–H groups in total. The van der Waals surface area contributed by atoms with Gasteiger partial charge in [0.05, 0.1) is 20.3 Å². The van der Waals surface area contributed by atoms with Gasteiger partial charge in [0.1, 0.15) is 17.1 Å². The van der Waals surface area contributed by atoms with Crippen molar-refractivity contribution in [1.29, 1.82) is 0 Å². The minimum absolute atomic E-state index is 0.143. The van der Waals surface area contributed by atoms with Gasteiger partial charge in [0, 0.05) is 18.1 Å². The van der Waals surface area contributed by atoms with E-state index in [1.807, 2.05) is 18.2 Å². The highest BCUT2D eigenvalue weighted by Crippen LogP contribution is 2.41. The lowest BCUT2D eigenvalue weighted by atomic mass is 9.90. The molecule has 94 valence electrons. The molecule has 1 aliphatic rings. The molecule has 1 heterocycles. The topological polar surface area (TPSA) is 39.7 Å². The summed E-state index contributed by atoms with van der Waals surface area (Å²) in [6.45, 7) is 4.14. The first-order valence-electron chi connectivity index (χ1n) is 5.71. The van der Waals surface area contributed by atoms with Gasteiger partial charge in [0.15, 0.2) is 0 Å². The summed E-state index contributed by atoms with van der Waals surface area (Å²) in [4.78, 5) is 5.05. The van der Waals surface area contributed by atoms with Crippen LogP contribution in [0.5, 0.6) is 11.5 Å². The van der Waals surface area contributed by atoms with Gasteiger partial charge in [-0.15, -0.1) is 0 Å². The standard InChI is InChI=1S/C13H19NO3/c1-13(2)8-11(14-16-4)10-6-5-9(15-3)7-12(10)17-13/h5-7,11,14H,8H2,1-4H3.